The lowest BCUT2D eigenvalue weighted by Crippen LogP contribution is -2.50. The number of nitrogens with zero attached hydrogens (tertiary/aromatic N) is 5. The zero-order valence-corrected chi connectivity index (χ0v) is 28.9. The van der Waals surface area contributed by atoms with E-state index in [1.54, 1.807) is 4.90 Å². The van der Waals surface area contributed by atoms with Gasteiger partial charge in [0.1, 0.15) is 47.2 Å². The molecule has 52 heavy (non-hydrogen) atoms. The molecule has 0 aliphatic carbocycles. The van der Waals surface area contributed by atoms with Gasteiger partial charge in [0.15, 0.2) is 5.82 Å². The van der Waals surface area contributed by atoms with Gasteiger partial charge in [0.2, 0.25) is 11.8 Å². The molecule has 0 spiro atoms. The number of halogens is 3. The van der Waals surface area contributed by atoms with Gasteiger partial charge in [-0.2, -0.15) is 5.26 Å². The van der Waals surface area contributed by atoms with Crippen molar-refractivity contribution < 1.29 is 32.5 Å². The lowest BCUT2D eigenvalue weighted by Gasteiger charge is -2.42. The van der Waals surface area contributed by atoms with E-state index in [1.165, 1.54) is 37.3 Å². The number of hydrogen-bond donors (Lipinski definition) is 1. The second-order valence-electron chi connectivity index (χ2n) is 14.4. The Morgan fingerprint density at radius 3 is 2.75 bits per heavy atom. The van der Waals surface area contributed by atoms with Crippen LogP contribution in [0.25, 0.3) is 32.8 Å². The highest BCUT2D eigenvalue weighted by Crippen LogP contribution is 2.48. The molecule has 3 saturated heterocycles. The fraction of sp³-hybridized carbons (Fsp3) is 0.425. The van der Waals surface area contributed by atoms with Crippen molar-refractivity contribution >= 4 is 33.3 Å². The van der Waals surface area contributed by atoms with E-state index in [4.69, 9.17) is 20.9 Å². The number of aromatic nitrogens is 1. The molecule has 4 aliphatic rings. The van der Waals surface area contributed by atoms with Gasteiger partial charge in [0.05, 0.1) is 28.8 Å². The van der Waals surface area contributed by atoms with Crippen LogP contribution in [-0.4, -0.2) is 89.5 Å². The van der Waals surface area contributed by atoms with Crippen LogP contribution in [0.4, 0.5) is 18.9 Å². The zero-order chi connectivity index (χ0) is 36.3. The number of anilines is 1. The molecule has 5 heterocycles. The van der Waals surface area contributed by atoms with Gasteiger partial charge in [-0.3, -0.25) is 9.69 Å². The van der Waals surface area contributed by atoms with Crippen LogP contribution in [0.3, 0.4) is 0 Å². The van der Waals surface area contributed by atoms with E-state index in [0.29, 0.717) is 50.1 Å². The Bertz CT molecular complexity index is 2220. The average Bonchev–Trinajstić information content (AvgIpc) is 3.65. The maximum absolute atomic E-state index is 17.5. The Balaban J connectivity index is 1.38. The summed E-state index contributed by atoms with van der Waals surface area (Å²) in [6.45, 7) is 4.40. The first-order chi connectivity index (χ1) is 25.1. The molecule has 1 amide bonds. The first-order valence-electron chi connectivity index (χ1n) is 17.8. The molecule has 12 heteroatoms. The van der Waals surface area contributed by atoms with Gasteiger partial charge in [0, 0.05) is 56.5 Å². The number of likely N-dealkylation sites (tertiary alicyclic amines) is 1. The normalized spacial score (nSPS) is 23.1. The molecular formula is C40H38F3N5O4. The lowest BCUT2D eigenvalue weighted by molar-refractivity contribution is -0.130. The number of nitriles is 1. The number of aromatic hydroxyl groups is 1. The molecule has 268 valence electrons. The lowest BCUT2D eigenvalue weighted by atomic mass is 9.91. The number of carbonyl (C=O) groups excluding carboxylic acids is 1. The third-order valence-electron chi connectivity index (χ3n) is 11.3. The van der Waals surface area contributed by atoms with Crippen LogP contribution in [0.5, 0.6) is 17.4 Å². The zero-order valence-electron chi connectivity index (χ0n) is 28.9. The number of ether oxygens (including phenoxy) is 2. The van der Waals surface area contributed by atoms with Gasteiger partial charge in [-0.1, -0.05) is 12.0 Å². The molecule has 1 N–H and O–H groups in total. The molecule has 1 unspecified atom stereocenters. The molecule has 9 nitrogen and oxygen atoms in total. The summed E-state index contributed by atoms with van der Waals surface area (Å²) in [5, 5.41) is 22.5. The number of fused-ring (bicyclic) bond motifs is 2. The van der Waals surface area contributed by atoms with Crippen LogP contribution in [0.2, 0.25) is 0 Å². The molecule has 3 fully saturated rings. The summed E-state index contributed by atoms with van der Waals surface area (Å²) in [7, 11) is 0. The first kappa shape index (κ1) is 33.9. The largest absolute Gasteiger partial charge is 0.508 e. The van der Waals surface area contributed by atoms with Gasteiger partial charge in [0.25, 0.3) is 0 Å². The predicted octanol–water partition coefficient (Wildman–Crippen LogP) is 6.45. The summed E-state index contributed by atoms with van der Waals surface area (Å²) in [5.41, 5.74) is -0.205. The summed E-state index contributed by atoms with van der Waals surface area (Å²) in [5.74, 6) is 0.830. The first-order valence-corrected chi connectivity index (χ1v) is 17.8. The monoisotopic (exact) mass is 709 g/mol. The van der Waals surface area contributed by atoms with Crippen molar-refractivity contribution in [2.75, 3.05) is 50.8 Å². The number of phenols is 1. The highest BCUT2D eigenvalue weighted by molar-refractivity contribution is 6.07. The molecule has 0 saturated carbocycles. The summed E-state index contributed by atoms with van der Waals surface area (Å²) in [6, 6.07) is 9.03. The van der Waals surface area contributed by atoms with E-state index < -0.39 is 23.3 Å². The van der Waals surface area contributed by atoms with Crippen molar-refractivity contribution in [1.82, 2.24) is 14.8 Å². The Morgan fingerprint density at radius 2 is 1.96 bits per heavy atom. The number of phenolic OH excluding ortho intramolecular Hbond substituents is 1. The summed E-state index contributed by atoms with van der Waals surface area (Å²) in [4.78, 5) is 23.2. The number of piperidine rings is 1. The standard InChI is InChI=1S/C40H38F3N5O4/c1-3-28-32(42)9-8-24-15-27(50)16-29(34(24)28)30-17-33-35-37(36(30)43)45-39(52-22-40-10-5-12-47(40)20-25(41)18-40)31(19-44)38(35)48(13-6-14-51-33)26-7-4-11-46(21-26)23(2)49/h1,8-9,15-17,25-26,50H,4-7,10-14,18,20-22H2,2H3/t25-,26?,40+/m1/s1. The summed E-state index contributed by atoms with van der Waals surface area (Å²) < 4.78 is 60.0. The third-order valence-corrected chi connectivity index (χ3v) is 11.3. The maximum Gasteiger partial charge on any atom is 0.234 e. The number of alkyl halides is 1. The number of amides is 1. The van der Waals surface area contributed by atoms with E-state index >= 15 is 8.78 Å². The SMILES string of the molecule is C#Cc1c(F)ccc2cc(O)cc(-c3cc4c5c(c(C#N)c(OC[C@@]67CCCN6C[C@H](F)C7)nc5c3F)N(C3CCCN(C(C)=O)C3)CCCO4)c12. The topological polar surface area (TPSA) is 102 Å². The second kappa shape index (κ2) is 13.1. The molecule has 4 aliphatic heterocycles. The average molecular weight is 710 g/mol. The van der Waals surface area contributed by atoms with Crippen LogP contribution in [0, 0.1) is 35.3 Å². The van der Waals surface area contributed by atoms with Crippen molar-refractivity contribution in [1.29, 1.82) is 5.26 Å². The maximum atomic E-state index is 17.5. The van der Waals surface area contributed by atoms with Crippen molar-refractivity contribution in [3.8, 4) is 46.9 Å². The number of pyridine rings is 1. The molecule has 1 aromatic heterocycles. The van der Waals surface area contributed by atoms with Gasteiger partial charge in [-0.25, -0.2) is 18.2 Å². The minimum atomic E-state index is -1.00. The van der Waals surface area contributed by atoms with Crippen LogP contribution in [0.1, 0.15) is 56.6 Å². The predicted molar refractivity (Wildman–Crippen MR) is 190 cm³/mol. The minimum absolute atomic E-state index is 0.0382. The molecule has 0 bridgehead atoms. The molecule has 0 radical (unpaired) electrons. The highest BCUT2D eigenvalue weighted by Gasteiger charge is 2.49. The Morgan fingerprint density at radius 1 is 1.12 bits per heavy atom. The Hall–Kier alpha value is -5.20. The molecule has 4 aromatic rings. The second-order valence-corrected chi connectivity index (χ2v) is 14.4. The Labute approximate surface area is 299 Å². The molecule has 8 rings (SSSR count). The smallest absolute Gasteiger partial charge is 0.234 e. The van der Waals surface area contributed by atoms with Gasteiger partial charge < -0.3 is 24.4 Å². The minimum Gasteiger partial charge on any atom is -0.508 e. The number of rotatable bonds is 5. The van der Waals surface area contributed by atoms with E-state index in [2.05, 4.69) is 21.8 Å². The van der Waals surface area contributed by atoms with Crippen LogP contribution in [-0.2, 0) is 4.79 Å². The Kier molecular flexibility index (Phi) is 8.54. The molecule has 3 aromatic carbocycles. The summed E-state index contributed by atoms with van der Waals surface area (Å²) >= 11 is 0. The van der Waals surface area contributed by atoms with Crippen molar-refractivity contribution in [3.05, 3.63) is 53.1 Å². The van der Waals surface area contributed by atoms with Crippen molar-refractivity contribution in [2.45, 2.75) is 63.2 Å². The number of hydrogen-bond acceptors (Lipinski definition) is 8. The summed E-state index contributed by atoms with van der Waals surface area (Å²) in [6.07, 6.45) is 8.69. The fourth-order valence-corrected chi connectivity index (χ4v) is 8.96. The van der Waals surface area contributed by atoms with Crippen LogP contribution >= 0.6 is 0 Å². The van der Waals surface area contributed by atoms with E-state index in [1.807, 2.05) is 0 Å². The number of carbonyl (C=O) groups is 1. The van der Waals surface area contributed by atoms with Crippen LogP contribution in [0.15, 0.2) is 30.3 Å². The quantitative estimate of drug-likeness (QED) is 0.236. The number of benzene rings is 3. The van der Waals surface area contributed by atoms with Crippen molar-refractivity contribution in [3.63, 3.8) is 0 Å². The van der Waals surface area contributed by atoms with E-state index in [-0.39, 0.29) is 81.1 Å². The number of terminal acetylenes is 1. The third kappa shape index (κ3) is 5.52. The van der Waals surface area contributed by atoms with Gasteiger partial charge >= 0.3 is 0 Å². The van der Waals surface area contributed by atoms with Crippen molar-refractivity contribution in [2.24, 2.45) is 0 Å². The molecule has 3 atom stereocenters. The van der Waals surface area contributed by atoms with Gasteiger partial charge in [-0.15, -0.1) is 6.42 Å². The molecular weight excluding hydrogens is 671 g/mol. The highest BCUT2D eigenvalue weighted by atomic mass is 19.1. The van der Waals surface area contributed by atoms with Gasteiger partial charge in [-0.05, 0) is 73.9 Å². The van der Waals surface area contributed by atoms with Crippen LogP contribution < -0.4 is 14.4 Å². The van der Waals surface area contributed by atoms with E-state index in [9.17, 15) is 19.6 Å². The van der Waals surface area contributed by atoms with E-state index in [0.717, 1.165) is 32.2 Å². The fourth-order valence-electron chi connectivity index (χ4n) is 8.96.